The van der Waals surface area contributed by atoms with E-state index < -0.39 is 35.2 Å². The summed E-state index contributed by atoms with van der Waals surface area (Å²) in [6.45, 7) is 5.79. The lowest BCUT2D eigenvalue weighted by atomic mass is 9.86. The van der Waals surface area contributed by atoms with Crippen LogP contribution in [0.2, 0.25) is 0 Å². The first-order valence-corrected chi connectivity index (χ1v) is 13.2. The number of piperidine rings is 1. The summed E-state index contributed by atoms with van der Waals surface area (Å²) in [7, 11) is 1.53. The second-order valence-electron chi connectivity index (χ2n) is 11.2. The number of carboxylic acid groups (broad SMARTS) is 1. The predicted octanol–water partition coefficient (Wildman–Crippen LogP) is 4.02. The van der Waals surface area contributed by atoms with Gasteiger partial charge in [-0.3, -0.25) is 14.5 Å². The number of carbonyl (C=O) groups is 2. The standard InChI is InChI=1S/C27H37F4N3O4/c1-17(2)33-11-8-26(28,16-33)25(37)34-13-19(15-38-3)22(14-34)21-5-4-20(27(29,30)31)12-23(21)32-9-6-18(7-10-32)24(35)36/h4-5,12,17-19,22H,6-11,13-16H2,1-3H3,(H,35,36)/t19-,22+,26-/m1/s1. The van der Waals surface area contributed by atoms with Crippen LogP contribution in [0.25, 0.3) is 0 Å². The van der Waals surface area contributed by atoms with Crippen molar-refractivity contribution >= 4 is 17.6 Å². The quantitative estimate of drug-likeness (QED) is 0.524. The van der Waals surface area contributed by atoms with Crippen LogP contribution in [0, 0.1) is 11.8 Å². The van der Waals surface area contributed by atoms with E-state index in [0.717, 1.165) is 12.1 Å². The molecule has 11 heteroatoms. The van der Waals surface area contributed by atoms with Gasteiger partial charge in [0.25, 0.3) is 5.91 Å². The lowest BCUT2D eigenvalue weighted by Gasteiger charge is -2.35. The number of alkyl halides is 4. The molecular weight excluding hydrogens is 506 g/mol. The Bertz CT molecular complexity index is 1030. The van der Waals surface area contributed by atoms with Crippen LogP contribution in [0.1, 0.15) is 50.2 Å². The number of hydrogen-bond donors (Lipinski definition) is 1. The minimum Gasteiger partial charge on any atom is -0.481 e. The van der Waals surface area contributed by atoms with Gasteiger partial charge in [0.15, 0.2) is 0 Å². The van der Waals surface area contributed by atoms with Crippen molar-refractivity contribution in [3.05, 3.63) is 29.3 Å². The molecule has 3 atom stereocenters. The van der Waals surface area contributed by atoms with Crippen molar-refractivity contribution in [1.82, 2.24) is 9.80 Å². The van der Waals surface area contributed by atoms with Crippen LogP contribution in [-0.2, 0) is 20.5 Å². The summed E-state index contributed by atoms with van der Waals surface area (Å²) >= 11 is 0. The molecule has 3 aliphatic rings. The minimum atomic E-state index is -4.54. The van der Waals surface area contributed by atoms with Crippen LogP contribution in [0.3, 0.4) is 0 Å². The molecule has 3 aliphatic heterocycles. The van der Waals surface area contributed by atoms with Gasteiger partial charge in [0.2, 0.25) is 5.67 Å². The van der Waals surface area contributed by atoms with Gasteiger partial charge in [-0.05, 0) is 44.4 Å². The molecule has 212 valence electrons. The van der Waals surface area contributed by atoms with Crippen LogP contribution in [0.4, 0.5) is 23.2 Å². The van der Waals surface area contributed by atoms with Crippen LogP contribution < -0.4 is 4.90 Å². The third-order valence-corrected chi connectivity index (χ3v) is 8.41. The lowest BCUT2D eigenvalue weighted by molar-refractivity contribution is -0.143. The summed E-state index contributed by atoms with van der Waals surface area (Å²) in [5.74, 6) is -2.57. The van der Waals surface area contributed by atoms with Gasteiger partial charge < -0.3 is 19.6 Å². The van der Waals surface area contributed by atoms with E-state index in [9.17, 15) is 27.9 Å². The number of ether oxygens (including phenoxy) is 1. The number of likely N-dealkylation sites (tertiary alicyclic amines) is 2. The van der Waals surface area contributed by atoms with Crippen molar-refractivity contribution in [3.63, 3.8) is 0 Å². The maximum Gasteiger partial charge on any atom is 0.416 e. The number of benzene rings is 1. The molecule has 7 nitrogen and oxygen atoms in total. The number of anilines is 1. The van der Waals surface area contributed by atoms with Crippen LogP contribution in [-0.4, -0.2) is 91.5 Å². The summed E-state index contributed by atoms with van der Waals surface area (Å²) < 4.78 is 62.2. The highest BCUT2D eigenvalue weighted by Crippen LogP contribution is 2.43. The molecule has 38 heavy (non-hydrogen) atoms. The largest absolute Gasteiger partial charge is 0.481 e. The third kappa shape index (κ3) is 5.78. The number of hydrogen-bond acceptors (Lipinski definition) is 5. The van der Waals surface area contributed by atoms with E-state index in [4.69, 9.17) is 4.74 Å². The fraction of sp³-hybridized carbons (Fsp3) is 0.704. The maximum atomic E-state index is 15.8. The number of carbonyl (C=O) groups excluding carboxylic acids is 1. The van der Waals surface area contributed by atoms with Gasteiger partial charge in [0, 0.05) is 76.4 Å². The third-order valence-electron chi connectivity index (χ3n) is 8.41. The zero-order valence-corrected chi connectivity index (χ0v) is 22.1. The van der Waals surface area contributed by atoms with E-state index in [1.807, 2.05) is 23.6 Å². The second-order valence-corrected chi connectivity index (χ2v) is 11.2. The molecule has 0 aliphatic carbocycles. The molecule has 4 rings (SSSR count). The maximum absolute atomic E-state index is 15.8. The number of carboxylic acids is 1. The topological polar surface area (TPSA) is 73.3 Å². The first kappa shape index (κ1) is 28.6. The van der Waals surface area contributed by atoms with Crippen LogP contribution in [0.15, 0.2) is 18.2 Å². The fourth-order valence-corrected chi connectivity index (χ4v) is 6.15. The monoisotopic (exact) mass is 543 g/mol. The average molecular weight is 544 g/mol. The van der Waals surface area contributed by atoms with E-state index in [1.54, 1.807) is 0 Å². The minimum absolute atomic E-state index is 0.0314. The highest BCUT2D eigenvalue weighted by Gasteiger charge is 2.50. The summed E-state index contributed by atoms with van der Waals surface area (Å²) in [6.07, 6.45) is -3.76. The molecule has 3 fully saturated rings. The summed E-state index contributed by atoms with van der Waals surface area (Å²) in [5.41, 5.74) is -1.73. The van der Waals surface area contributed by atoms with Gasteiger partial charge in [-0.2, -0.15) is 13.2 Å². The molecule has 0 aromatic heterocycles. The number of methoxy groups -OCH3 is 1. The first-order valence-electron chi connectivity index (χ1n) is 13.2. The number of aliphatic carboxylic acids is 1. The molecule has 1 N–H and O–H groups in total. The molecular formula is C27H37F4N3O4. The van der Waals surface area contributed by atoms with Crippen LogP contribution in [0.5, 0.6) is 0 Å². The summed E-state index contributed by atoms with van der Waals surface area (Å²) in [4.78, 5) is 30.1. The molecule has 1 aromatic carbocycles. The summed E-state index contributed by atoms with van der Waals surface area (Å²) in [6, 6.07) is 3.75. The lowest BCUT2D eigenvalue weighted by Crippen LogP contribution is -2.47. The zero-order valence-electron chi connectivity index (χ0n) is 22.1. The highest BCUT2D eigenvalue weighted by atomic mass is 19.4. The smallest absolute Gasteiger partial charge is 0.416 e. The molecule has 1 amide bonds. The van der Waals surface area contributed by atoms with E-state index in [-0.39, 0.29) is 50.5 Å². The Kier molecular flexibility index (Phi) is 8.28. The number of nitrogens with zero attached hydrogens (tertiary/aromatic N) is 3. The summed E-state index contributed by atoms with van der Waals surface area (Å²) in [5, 5.41) is 9.35. The molecule has 0 saturated carbocycles. The van der Waals surface area contributed by atoms with E-state index in [2.05, 4.69) is 0 Å². The van der Waals surface area contributed by atoms with Crippen LogP contribution >= 0.6 is 0 Å². The Balaban J connectivity index is 1.63. The van der Waals surface area contributed by atoms with E-state index in [0.29, 0.717) is 43.7 Å². The Labute approximate surface area is 220 Å². The first-order chi connectivity index (χ1) is 17.8. The zero-order chi connectivity index (χ0) is 27.8. The average Bonchev–Trinajstić information content (AvgIpc) is 3.48. The highest BCUT2D eigenvalue weighted by molar-refractivity contribution is 5.86. The van der Waals surface area contributed by atoms with Gasteiger partial charge in [-0.15, -0.1) is 0 Å². The van der Waals surface area contributed by atoms with E-state index in [1.165, 1.54) is 18.1 Å². The normalized spacial score (nSPS) is 27.5. The SMILES string of the molecule is COC[C@H]1CN(C(=O)[C@@]2(F)CCN(C(C)C)C2)C[C@@H]1c1ccc(C(F)(F)F)cc1N1CCC(C(=O)O)CC1. The molecule has 3 saturated heterocycles. The Hall–Kier alpha value is -2.40. The van der Waals surface area contributed by atoms with Crippen molar-refractivity contribution in [2.45, 2.75) is 56.9 Å². The molecule has 0 radical (unpaired) electrons. The van der Waals surface area contributed by atoms with E-state index >= 15 is 4.39 Å². The molecule has 0 spiro atoms. The molecule has 3 heterocycles. The van der Waals surface area contributed by atoms with Crippen molar-refractivity contribution in [3.8, 4) is 0 Å². The van der Waals surface area contributed by atoms with Crippen molar-refractivity contribution in [2.24, 2.45) is 11.8 Å². The van der Waals surface area contributed by atoms with Crippen molar-refractivity contribution in [1.29, 1.82) is 0 Å². The van der Waals surface area contributed by atoms with Gasteiger partial charge in [-0.25, -0.2) is 4.39 Å². The number of rotatable bonds is 7. The fourth-order valence-electron chi connectivity index (χ4n) is 6.15. The van der Waals surface area contributed by atoms with Gasteiger partial charge >= 0.3 is 12.1 Å². The Morgan fingerprint density at radius 2 is 1.84 bits per heavy atom. The van der Waals surface area contributed by atoms with Crippen molar-refractivity contribution < 1.29 is 37.0 Å². The molecule has 0 bridgehead atoms. The van der Waals surface area contributed by atoms with Gasteiger partial charge in [0.05, 0.1) is 18.1 Å². The van der Waals surface area contributed by atoms with Crippen molar-refractivity contribution in [2.75, 3.05) is 57.9 Å². The Morgan fingerprint density at radius 1 is 1.16 bits per heavy atom. The number of halogens is 4. The van der Waals surface area contributed by atoms with Gasteiger partial charge in [-0.1, -0.05) is 6.07 Å². The Morgan fingerprint density at radius 3 is 2.39 bits per heavy atom. The number of amides is 1. The predicted molar refractivity (Wildman–Crippen MR) is 134 cm³/mol. The van der Waals surface area contributed by atoms with Gasteiger partial charge in [0.1, 0.15) is 0 Å². The molecule has 0 unspecified atom stereocenters. The second kappa shape index (κ2) is 11.0. The molecule has 1 aromatic rings.